The minimum absolute atomic E-state index is 0.0150. The van der Waals surface area contributed by atoms with Crippen LogP contribution in [0.3, 0.4) is 0 Å². The number of nitrogens with two attached hydrogens (primary N) is 1. The molecule has 0 saturated heterocycles. The number of rotatable bonds is 1. The first-order valence-electron chi connectivity index (χ1n) is 5.53. The van der Waals surface area contributed by atoms with E-state index in [0.717, 1.165) is 18.8 Å². The van der Waals surface area contributed by atoms with Crippen molar-refractivity contribution in [3.63, 3.8) is 0 Å². The first-order chi connectivity index (χ1) is 6.71. The summed E-state index contributed by atoms with van der Waals surface area (Å²) < 4.78 is 0. The van der Waals surface area contributed by atoms with Gasteiger partial charge in [0, 0.05) is 4.88 Å². The highest BCUT2D eigenvalue weighted by Crippen LogP contribution is 2.37. The summed E-state index contributed by atoms with van der Waals surface area (Å²) in [5.41, 5.74) is 6.48. The molecule has 78 valence electrons. The Hall–Kier alpha value is -0.340. The maximum absolute atomic E-state index is 6.50. The summed E-state index contributed by atoms with van der Waals surface area (Å²) in [6, 6.07) is 4.31. The van der Waals surface area contributed by atoms with Gasteiger partial charge in [0.25, 0.3) is 0 Å². The third-order valence-electron chi connectivity index (χ3n) is 3.41. The molecule has 1 fully saturated rings. The van der Waals surface area contributed by atoms with Crippen molar-refractivity contribution < 1.29 is 0 Å². The lowest BCUT2D eigenvalue weighted by atomic mass is 9.89. The lowest BCUT2D eigenvalue weighted by molar-refractivity contribution is 0.385. The fraction of sp³-hybridized carbons (Fsp3) is 0.667. The second kappa shape index (κ2) is 4.03. The molecule has 2 rings (SSSR count). The first kappa shape index (κ1) is 10.2. The van der Waals surface area contributed by atoms with Crippen LogP contribution in [0, 0.1) is 5.92 Å². The molecule has 0 aromatic carbocycles. The molecule has 2 N–H and O–H groups in total. The van der Waals surface area contributed by atoms with E-state index in [1.165, 1.54) is 24.1 Å². The van der Waals surface area contributed by atoms with Gasteiger partial charge in [-0.25, -0.2) is 0 Å². The van der Waals surface area contributed by atoms with E-state index in [0.29, 0.717) is 0 Å². The van der Waals surface area contributed by atoms with Crippen LogP contribution in [0.5, 0.6) is 0 Å². The highest BCUT2D eigenvalue weighted by atomic mass is 32.1. The SMILES string of the molecule is CC1CCCC(N)(c2cccs2)CC1. The molecule has 0 amide bonds. The highest BCUT2D eigenvalue weighted by molar-refractivity contribution is 7.10. The van der Waals surface area contributed by atoms with E-state index in [4.69, 9.17) is 5.73 Å². The van der Waals surface area contributed by atoms with E-state index in [2.05, 4.69) is 24.4 Å². The lowest BCUT2D eigenvalue weighted by Gasteiger charge is -2.26. The molecular formula is C12H19NS. The molecule has 2 unspecified atom stereocenters. The molecule has 1 aliphatic rings. The van der Waals surface area contributed by atoms with Crippen LogP contribution in [0.2, 0.25) is 0 Å². The third-order valence-corrected chi connectivity index (χ3v) is 4.50. The average Bonchev–Trinajstić information content (AvgIpc) is 2.63. The topological polar surface area (TPSA) is 26.0 Å². The summed E-state index contributed by atoms with van der Waals surface area (Å²) in [4.78, 5) is 1.38. The van der Waals surface area contributed by atoms with E-state index in [-0.39, 0.29) is 5.54 Å². The van der Waals surface area contributed by atoms with E-state index >= 15 is 0 Å². The van der Waals surface area contributed by atoms with Gasteiger partial charge in [-0.1, -0.05) is 25.8 Å². The van der Waals surface area contributed by atoms with E-state index in [1.54, 1.807) is 0 Å². The van der Waals surface area contributed by atoms with Crippen LogP contribution in [-0.4, -0.2) is 0 Å². The molecule has 2 atom stereocenters. The Kier molecular flexibility index (Phi) is 2.93. The van der Waals surface area contributed by atoms with Crippen molar-refractivity contribution in [2.45, 2.75) is 44.6 Å². The van der Waals surface area contributed by atoms with Gasteiger partial charge in [-0.15, -0.1) is 11.3 Å². The maximum atomic E-state index is 6.50. The van der Waals surface area contributed by atoms with Crippen molar-refractivity contribution in [2.75, 3.05) is 0 Å². The largest absolute Gasteiger partial charge is 0.321 e. The Morgan fingerprint density at radius 2 is 2.29 bits per heavy atom. The predicted molar refractivity (Wildman–Crippen MR) is 62.4 cm³/mol. The molecule has 0 spiro atoms. The molecule has 1 aliphatic carbocycles. The number of thiophene rings is 1. The van der Waals surface area contributed by atoms with Gasteiger partial charge in [-0.3, -0.25) is 0 Å². The average molecular weight is 209 g/mol. The van der Waals surface area contributed by atoms with Crippen LogP contribution < -0.4 is 5.73 Å². The summed E-state index contributed by atoms with van der Waals surface area (Å²) in [7, 11) is 0. The zero-order chi connectivity index (χ0) is 10.0. The normalized spacial score (nSPS) is 34.0. The minimum Gasteiger partial charge on any atom is -0.321 e. The van der Waals surface area contributed by atoms with Crippen LogP contribution in [-0.2, 0) is 5.54 Å². The molecule has 1 nitrogen and oxygen atoms in total. The van der Waals surface area contributed by atoms with Gasteiger partial charge in [-0.05, 0) is 36.6 Å². The molecule has 0 bridgehead atoms. The smallest absolute Gasteiger partial charge is 0.0503 e. The van der Waals surface area contributed by atoms with Gasteiger partial charge in [0.1, 0.15) is 0 Å². The predicted octanol–water partition coefficient (Wildman–Crippen LogP) is 3.50. The van der Waals surface area contributed by atoms with Crippen molar-refractivity contribution >= 4 is 11.3 Å². The summed E-state index contributed by atoms with van der Waals surface area (Å²) in [6.45, 7) is 2.35. The molecule has 0 radical (unpaired) electrons. The second-order valence-corrected chi connectivity index (χ2v) is 5.62. The van der Waals surface area contributed by atoms with Gasteiger partial charge >= 0.3 is 0 Å². The molecule has 1 heterocycles. The monoisotopic (exact) mass is 209 g/mol. The van der Waals surface area contributed by atoms with Gasteiger partial charge in [0.15, 0.2) is 0 Å². The minimum atomic E-state index is -0.0150. The molecular weight excluding hydrogens is 190 g/mol. The molecule has 1 aromatic rings. The molecule has 0 aliphatic heterocycles. The van der Waals surface area contributed by atoms with Gasteiger partial charge in [-0.2, -0.15) is 0 Å². The van der Waals surface area contributed by atoms with Crippen molar-refractivity contribution in [1.29, 1.82) is 0 Å². The van der Waals surface area contributed by atoms with Crippen LogP contribution in [0.25, 0.3) is 0 Å². The van der Waals surface area contributed by atoms with Crippen molar-refractivity contribution in [2.24, 2.45) is 11.7 Å². The van der Waals surface area contributed by atoms with E-state index in [9.17, 15) is 0 Å². The Bertz CT molecular complexity index is 281. The van der Waals surface area contributed by atoms with Gasteiger partial charge in [0.2, 0.25) is 0 Å². The first-order valence-corrected chi connectivity index (χ1v) is 6.41. The maximum Gasteiger partial charge on any atom is 0.0503 e. The van der Waals surface area contributed by atoms with Crippen LogP contribution in [0.1, 0.15) is 43.9 Å². The summed E-state index contributed by atoms with van der Waals surface area (Å²) in [5, 5.41) is 2.14. The fourth-order valence-electron chi connectivity index (χ4n) is 2.35. The molecule has 14 heavy (non-hydrogen) atoms. The molecule has 1 aromatic heterocycles. The quantitative estimate of drug-likeness (QED) is 0.704. The van der Waals surface area contributed by atoms with E-state index in [1.807, 2.05) is 11.3 Å². The number of hydrogen-bond acceptors (Lipinski definition) is 2. The fourth-order valence-corrected chi connectivity index (χ4v) is 3.25. The molecule has 2 heteroatoms. The zero-order valence-electron chi connectivity index (χ0n) is 8.83. The zero-order valence-corrected chi connectivity index (χ0v) is 9.65. The number of hydrogen-bond donors (Lipinski definition) is 1. The Morgan fingerprint density at radius 1 is 1.43 bits per heavy atom. The Balaban J connectivity index is 2.15. The highest BCUT2D eigenvalue weighted by Gasteiger charge is 2.30. The van der Waals surface area contributed by atoms with Crippen molar-refractivity contribution in [1.82, 2.24) is 0 Å². The van der Waals surface area contributed by atoms with Gasteiger partial charge < -0.3 is 5.73 Å². The van der Waals surface area contributed by atoms with Crippen LogP contribution in [0.4, 0.5) is 0 Å². The Morgan fingerprint density at radius 3 is 3.00 bits per heavy atom. The van der Waals surface area contributed by atoms with Crippen molar-refractivity contribution in [3.8, 4) is 0 Å². The van der Waals surface area contributed by atoms with Crippen LogP contribution in [0.15, 0.2) is 17.5 Å². The van der Waals surface area contributed by atoms with Gasteiger partial charge in [0.05, 0.1) is 5.54 Å². The third kappa shape index (κ3) is 2.01. The molecule has 1 saturated carbocycles. The summed E-state index contributed by atoms with van der Waals surface area (Å²) >= 11 is 1.81. The summed E-state index contributed by atoms with van der Waals surface area (Å²) in [5.74, 6) is 0.861. The second-order valence-electron chi connectivity index (χ2n) is 4.67. The van der Waals surface area contributed by atoms with Crippen LogP contribution >= 0.6 is 11.3 Å². The lowest BCUT2D eigenvalue weighted by Crippen LogP contribution is -2.35. The summed E-state index contributed by atoms with van der Waals surface area (Å²) in [6.07, 6.45) is 6.25. The van der Waals surface area contributed by atoms with E-state index < -0.39 is 0 Å². The van der Waals surface area contributed by atoms with Crippen molar-refractivity contribution in [3.05, 3.63) is 22.4 Å². The Labute approximate surface area is 90.3 Å². The standard InChI is InChI=1S/C12H19NS/c1-10-4-2-7-12(13,8-6-10)11-5-3-9-14-11/h3,5,9-10H,2,4,6-8,13H2,1H3.